The summed E-state index contributed by atoms with van der Waals surface area (Å²) in [5.74, 6) is -1.88. The summed E-state index contributed by atoms with van der Waals surface area (Å²) in [5, 5.41) is 8.81. The van der Waals surface area contributed by atoms with Crippen LogP contribution in [-0.2, 0) is 0 Å². The normalized spacial score (nSPS) is 10.1. The van der Waals surface area contributed by atoms with Gasteiger partial charge >= 0.3 is 5.97 Å². The lowest BCUT2D eigenvalue weighted by Crippen LogP contribution is -2.26. The van der Waals surface area contributed by atoms with E-state index in [0.717, 1.165) is 6.07 Å². The lowest BCUT2D eigenvalue weighted by atomic mass is 10.1. The maximum atomic E-state index is 13.1. The highest BCUT2D eigenvalue weighted by Gasteiger charge is 2.14. The minimum absolute atomic E-state index is 0.139. The molecule has 4 nitrogen and oxygen atoms in total. The Labute approximate surface area is 115 Å². The number of carbonyl (C=O) groups is 2. The molecule has 2 rings (SSSR count). The largest absolute Gasteiger partial charge is 0.478 e. The molecule has 0 radical (unpaired) electrons. The molecule has 0 fully saturated rings. The molecule has 102 valence electrons. The molecule has 1 N–H and O–H groups in total. The van der Waals surface area contributed by atoms with Crippen LogP contribution in [0.25, 0.3) is 0 Å². The number of rotatable bonds is 3. The number of amides is 1. The fourth-order valence-electron chi connectivity index (χ4n) is 1.76. The molecule has 0 spiro atoms. The molecule has 0 saturated carbocycles. The molecule has 0 aliphatic heterocycles. The number of benzene rings is 2. The van der Waals surface area contributed by atoms with Gasteiger partial charge in [-0.3, -0.25) is 4.79 Å². The zero-order valence-electron chi connectivity index (χ0n) is 10.7. The van der Waals surface area contributed by atoms with E-state index in [1.54, 1.807) is 7.05 Å². The van der Waals surface area contributed by atoms with E-state index in [1.165, 1.54) is 47.4 Å². The van der Waals surface area contributed by atoms with Gasteiger partial charge in [0.2, 0.25) is 0 Å². The van der Waals surface area contributed by atoms with Crippen LogP contribution in [0.15, 0.2) is 48.5 Å². The zero-order chi connectivity index (χ0) is 14.7. The van der Waals surface area contributed by atoms with Crippen molar-refractivity contribution in [3.05, 3.63) is 65.5 Å². The highest BCUT2D eigenvalue weighted by atomic mass is 19.1. The number of halogens is 1. The third kappa shape index (κ3) is 2.83. The van der Waals surface area contributed by atoms with Crippen molar-refractivity contribution in [3.8, 4) is 0 Å². The summed E-state index contributed by atoms with van der Waals surface area (Å²) >= 11 is 0. The van der Waals surface area contributed by atoms with Crippen molar-refractivity contribution in [3.63, 3.8) is 0 Å². The number of anilines is 1. The molecular weight excluding hydrogens is 261 g/mol. The summed E-state index contributed by atoms with van der Waals surface area (Å²) < 4.78 is 13.1. The van der Waals surface area contributed by atoms with E-state index in [4.69, 9.17) is 5.11 Å². The fourth-order valence-corrected chi connectivity index (χ4v) is 1.76. The Balaban J connectivity index is 2.24. The molecule has 0 atom stereocenters. The third-order valence-corrected chi connectivity index (χ3v) is 2.88. The molecule has 0 heterocycles. The van der Waals surface area contributed by atoms with Crippen molar-refractivity contribution in [1.29, 1.82) is 0 Å². The van der Waals surface area contributed by atoms with Gasteiger partial charge in [-0.25, -0.2) is 9.18 Å². The van der Waals surface area contributed by atoms with Crippen molar-refractivity contribution in [1.82, 2.24) is 0 Å². The Morgan fingerprint density at radius 3 is 2.25 bits per heavy atom. The lowest BCUT2D eigenvalue weighted by Gasteiger charge is -2.17. The molecule has 2 aromatic carbocycles. The molecule has 1 amide bonds. The molecule has 0 unspecified atom stereocenters. The van der Waals surface area contributed by atoms with Crippen molar-refractivity contribution >= 4 is 17.6 Å². The van der Waals surface area contributed by atoms with Crippen LogP contribution in [0.1, 0.15) is 20.7 Å². The number of aromatic carboxylic acids is 1. The van der Waals surface area contributed by atoms with Gasteiger partial charge in [0.05, 0.1) is 5.56 Å². The van der Waals surface area contributed by atoms with Gasteiger partial charge in [-0.15, -0.1) is 0 Å². The van der Waals surface area contributed by atoms with E-state index >= 15 is 0 Å². The number of nitrogens with zero attached hydrogens (tertiary/aromatic N) is 1. The molecule has 2 aromatic rings. The Bertz CT molecular complexity index is 652. The van der Waals surface area contributed by atoms with E-state index < -0.39 is 11.8 Å². The maximum absolute atomic E-state index is 13.1. The number of hydrogen-bond acceptors (Lipinski definition) is 2. The van der Waals surface area contributed by atoms with E-state index in [0.29, 0.717) is 5.69 Å². The van der Waals surface area contributed by atoms with E-state index in [1.807, 2.05) is 0 Å². The van der Waals surface area contributed by atoms with Gasteiger partial charge in [0.25, 0.3) is 5.91 Å². The maximum Gasteiger partial charge on any atom is 0.335 e. The first-order chi connectivity index (χ1) is 9.49. The Morgan fingerprint density at radius 1 is 1.05 bits per heavy atom. The van der Waals surface area contributed by atoms with Crippen LogP contribution < -0.4 is 4.90 Å². The van der Waals surface area contributed by atoms with Crippen LogP contribution >= 0.6 is 0 Å². The topological polar surface area (TPSA) is 57.6 Å². The van der Waals surface area contributed by atoms with Gasteiger partial charge in [0.1, 0.15) is 5.82 Å². The highest BCUT2D eigenvalue weighted by Crippen LogP contribution is 2.17. The van der Waals surface area contributed by atoms with Crippen molar-refractivity contribution in [2.45, 2.75) is 0 Å². The first kappa shape index (κ1) is 13.7. The SMILES string of the molecule is CN(C(=O)c1cccc(F)c1)c1ccc(C(=O)O)cc1. The number of carboxylic acids is 1. The number of carbonyl (C=O) groups excluding carboxylic acids is 1. The molecule has 0 aliphatic carbocycles. The predicted octanol–water partition coefficient (Wildman–Crippen LogP) is 2.80. The second-order valence-electron chi connectivity index (χ2n) is 4.23. The highest BCUT2D eigenvalue weighted by molar-refractivity contribution is 6.05. The number of hydrogen-bond donors (Lipinski definition) is 1. The van der Waals surface area contributed by atoms with Gasteiger partial charge in [0.15, 0.2) is 0 Å². The van der Waals surface area contributed by atoms with Crippen LogP contribution in [0.4, 0.5) is 10.1 Å². The Morgan fingerprint density at radius 2 is 1.70 bits per heavy atom. The van der Waals surface area contributed by atoms with Gasteiger partial charge in [-0.05, 0) is 42.5 Å². The summed E-state index contributed by atoms with van der Waals surface area (Å²) in [5.41, 5.74) is 0.902. The first-order valence-electron chi connectivity index (χ1n) is 5.86. The first-order valence-corrected chi connectivity index (χ1v) is 5.86. The van der Waals surface area contributed by atoms with E-state index in [-0.39, 0.29) is 17.0 Å². The Kier molecular flexibility index (Phi) is 3.79. The molecule has 0 bridgehead atoms. The predicted molar refractivity (Wildman–Crippen MR) is 72.5 cm³/mol. The standard InChI is InChI=1S/C15H12FNO3/c1-17(13-7-5-10(6-8-13)15(19)20)14(18)11-3-2-4-12(16)9-11/h2-9H,1H3,(H,19,20). The van der Waals surface area contributed by atoms with Gasteiger partial charge < -0.3 is 10.0 Å². The smallest absolute Gasteiger partial charge is 0.335 e. The van der Waals surface area contributed by atoms with Gasteiger partial charge in [-0.1, -0.05) is 6.07 Å². The molecular formula is C15H12FNO3. The average Bonchev–Trinajstić information content (AvgIpc) is 2.46. The monoisotopic (exact) mass is 273 g/mol. The van der Waals surface area contributed by atoms with E-state index in [2.05, 4.69) is 0 Å². The summed E-state index contributed by atoms with van der Waals surface area (Å²) in [6.45, 7) is 0. The number of carboxylic acid groups (broad SMARTS) is 1. The summed E-state index contributed by atoms with van der Waals surface area (Å²) in [6, 6.07) is 11.3. The van der Waals surface area contributed by atoms with Crippen molar-refractivity contribution in [2.75, 3.05) is 11.9 Å². The molecule has 5 heteroatoms. The van der Waals surface area contributed by atoms with Crippen LogP contribution in [0, 0.1) is 5.82 Å². The second kappa shape index (κ2) is 5.52. The zero-order valence-corrected chi connectivity index (χ0v) is 10.7. The second-order valence-corrected chi connectivity index (χ2v) is 4.23. The van der Waals surface area contributed by atoms with Gasteiger partial charge in [0, 0.05) is 18.3 Å². The Hall–Kier alpha value is -2.69. The fraction of sp³-hybridized carbons (Fsp3) is 0.0667. The van der Waals surface area contributed by atoms with Crippen LogP contribution in [-0.4, -0.2) is 24.0 Å². The summed E-state index contributed by atoms with van der Waals surface area (Å²) in [4.78, 5) is 24.2. The van der Waals surface area contributed by atoms with Crippen LogP contribution in [0.2, 0.25) is 0 Å². The quantitative estimate of drug-likeness (QED) is 0.935. The lowest BCUT2D eigenvalue weighted by molar-refractivity contribution is 0.0696. The molecule has 0 aromatic heterocycles. The molecule has 0 saturated heterocycles. The van der Waals surface area contributed by atoms with Crippen molar-refractivity contribution < 1.29 is 19.1 Å². The third-order valence-electron chi connectivity index (χ3n) is 2.88. The van der Waals surface area contributed by atoms with Crippen molar-refractivity contribution in [2.24, 2.45) is 0 Å². The molecule has 20 heavy (non-hydrogen) atoms. The average molecular weight is 273 g/mol. The van der Waals surface area contributed by atoms with Crippen LogP contribution in [0.5, 0.6) is 0 Å². The van der Waals surface area contributed by atoms with Gasteiger partial charge in [-0.2, -0.15) is 0 Å². The summed E-state index contributed by atoms with van der Waals surface area (Å²) in [6.07, 6.45) is 0. The molecule has 0 aliphatic rings. The van der Waals surface area contributed by atoms with E-state index in [9.17, 15) is 14.0 Å². The minimum Gasteiger partial charge on any atom is -0.478 e. The summed E-state index contributed by atoms with van der Waals surface area (Å²) in [7, 11) is 1.54. The van der Waals surface area contributed by atoms with Crippen LogP contribution in [0.3, 0.4) is 0 Å². The minimum atomic E-state index is -1.03.